The molecule has 0 spiro atoms. The number of morpholine rings is 1. The number of hydrogen-bond acceptors (Lipinski definition) is 3. The Balaban J connectivity index is 1.80. The summed E-state index contributed by atoms with van der Waals surface area (Å²) >= 11 is 0. The van der Waals surface area contributed by atoms with E-state index in [0.29, 0.717) is 30.8 Å². The van der Waals surface area contributed by atoms with Crippen LogP contribution in [0.3, 0.4) is 0 Å². The van der Waals surface area contributed by atoms with Gasteiger partial charge in [-0.2, -0.15) is 4.99 Å². The third-order valence-corrected chi connectivity index (χ3v) is 6.32. The first-order chi connectivity index (χ1) is 16.0. The predicted molar refractivity (Wildman–Crippen MR) is 131 cm³/mol. The molecule has 2 heterocycles. The minimum absolute atomic E-state index is 0.275. The summed E-state index contributed by atoms with van der Waals surface area (Å²) in [5.41, 5.74) is 7.48. The van der Waals surface area contributed by atoms with Crippen molar-refractivity contribution in [2.45, 2.75) is 46.1 Å². The maximum Gasteiger partial charge on any atom is 0.215 e. The number of hydrogen-bond donors (Lipinski definition) is 1. The summed E-state index contributed by atoms with van der Waals surface area (Å²) in [6, 6.07) is 12.8. The molecule has 0 radical (unpaired) electrons. The lowest BCUT2D eigenvalue weighted by molar-refractivity contribution is 0.0216. The Morgan fingerprint density at radius 2 is 1.70 bits per heavy atom. The average Bonchev–Trinajstić information content (AvgIpc) is 2.81. The highest BCUT2D eigenvalue weighted by molar-refractivity contribution is 6.08. The van der Waals surface area contributed by atoms with Gasteiger partial charge in [-0.05, 0) is 75.4 Å². The van der Waals surface area contributed by atoms with Crippen LogP contribution in [0.25, 0.3) is 0 Å². The predicted octanol–water partition coefficient (Wildman–Crippen LogP) is 4.59. The molecule has 1 atom stereocenters. The van der Waals surface area contributed by atoms with Crippen molar-refractivity contribution < 1.29 is 9.13 Å². The van der Waals surface area contributed by atoms with Crippen molar-refractivity contribution in [3.05, 3.63) is 65.0 Å². The highest BCUT2D eigenvalue weighted by Gasteiger charge is 2.25. The van der Waals surface area contributed by atoms with E-state index in [9.17, 15) is 4.39 Å². The summed E-state index contributed by atoms with van der Waals surface area (Å²) in [6.45, 7) is 10.4. The van der Waals surface area contributed by atoms with Crippen molar-refractivity contribution in [2.24, 2.45) is 9.98 Å². The van der Waals surface area contributed by atoms with E-state index in [0.717, 1.165) is 55.1 Å². The minimum atomic E-state index is -0.275. The summed E-state index contributed by atoms with van der Waals surface area (Å²) in [5.74, 6) is 1.17. The van der Waals surface area contributed by atoms with Crippen LogP contribution < -0.4 is 5.43 Å². The van der Waals surface area contributed by atoms with E-state index in [1.54, 1.807) is 12.1 Å². The van der Waals surface area contributed by atoms with Gasteiger partial charge in [0.1, 0.15) is 5.82 Å². The number of guanidine groups is 1. The Morgan fingerprint density at radius 1 is 1.00 bits per heavy atom. The van der Waals surface area contributed by atoms with E-state index in [-0.39, 0.29) is 5.82 Å². The van der Waals surface area contributed by atoms with Gasteiger partial charge >= 0.3 is 0 Å². The van der Waals surface area contributed by atoms with Gasteiger partial charge in [0.25, 0.3) is 0 Å². The Labute approximate surface area is 196 Å². The first-order valence-electron chi connectivity index (χ1n) is 11.9. The number of likely N-dealkylation sites (tertiary alicyclic amines) is 1. The fourth-order valence-corrected chi connectivity index (χ4v) is 4.42. The third kappa shape index (κ3) is 5.97. The molecule has 0 aliphatic carbocycles. The molecule has 4 rings (SSSR count). The molecule has 33 heavy (non-hydrogen) atoms. The summed E-state index contributed by atoms with van der Waals surface area (Å²) < 4.78 is 19.1. The van der Waals surface area contributed by atoms with E-state index in [1.165, 1.54) is 18.6 Å². The Bertz CT molecular complexity index is 978. The molecule has 2 saturated heterocycles. The molecule has 6 nitrogen and oxygen atoms in total. The molecule has 0 aromatic heterocycles. The Morgan fingerprint density at radius 3 is 2.36 bits per heavy atom. The summed E-state index contributed by atoms with van der Waals surface area (Å²) in [6.07, 6.45) is 3.51. The molecule has 2 aromatic rings. The fraction of sp³-hybridized carbons (Fsp3) is 0.462. The summed E-state index contributed by atoms with van der Waals surface area (Å²) in [4.78, 5) is 12.4. The number of nitrogens with one attached hydrogen (secondary N) is 1. The molecule has 2 aliphatic rings. The van der Waals surface area contributed by atoms with Crippen LogP contribution in [0.5, 0.6) is 0 Å². The molecule has 2 fully saturated rings. The number of hydrazine groups is 1. The molecule has 2 aromatic carbocycles. The zero-order chi connectivity index (χ0) is 23.2. The number of nitrogens with zero attached hydrogens (tertiary/aromatic N) is 4. The van der Waals surface area contributed by atoms with Crippen molar-refractivity contribution in [1.29, 1.82) is 0 Å². The van der Waals surface area contributed by atoms with Crippen molar-refractivity contribution in [1.82, 2.24) is 15.3 Å². The molecular formula is C26H34FN5O. The molecule has 2 aliphatic heterocycles. The van der Waals surface area contributed by atoms with E-state index in [2.05, 4.69) is 48.2 Å². The zero-order valence-corrected chi connectivity index (χ0v) is 19.9. The van der Waals surface area contributed by atoms with Crippen molar-refractivity contribution in [2.75, 3.05) is 32.8 Å². The van der Waals surface area contributed by atoms with Crippen LogP contribution >= 0.6 is 0 Å². The van der Waals surface area contributed by atoms with Crippen LogP contribution in [0.4, 0.5) is 10.1 Å². The quantitative estimate of drug-likeness (QED) is 0.548. The lowest BCUT2D eigenvalue weighted by Gasteiger charge is -2.39. The van der Waals surface area contributed by atoms with Gasteiger partial charge in [-0.15, -0.1) is 0 Å². The van der Waals surface area contributed by atoms with Crippen molar-refractivity contribution in [3.63, 3.8) is 0 Å². The largest absolute Gasteiger partial charge is 0.379 e. The van der Waals surface area contributed by atoms with Crippen LogP contribution in [0.1, 0.15) is 42.9 Å². The smallest absolute Gasteiger partial charge is 0.215 e. The number of piperidine rings is 1. The van der Waals surface area contributed by atoms with Crippen LogP contribution in [0.2, 0.25) is 0 Å². The first-order valence-corrected chi connectivity index (χ1v) is 11.9. The molecule has 7 heteroatoms. The normalized spacial score (nSPS) is 20.7. The average molecular weight is 452 g/mol. The lowest BCUT2D eigenvalue weighted by Crippen LogP contribution is -2.56. The zero-order valence-electron chi connectivity index (χ0n) is 19.9. The van der Waals surface area contributed by atoms with E-state index in [4.69, 9.17) is 14.7 Å². The molecule has 1 N–H and O–H groups in total. The molecule has 176 valence electrons. The maximum absolute atomic E-state index is 13.5. The second-order valence-electron chi connectivity index (χ2n) is 8.86. The van der Waals surface area contributed by atoms with Gasteiger partial charge in [-0.25, -0.2) is 14.4 Å². The first kappa shape index (κ1) is 23.4. The van der Waals surface area contributed by atoms with Crippen molar-refractivity contribution in [3.8, 4) is 0 Å². The molecule has 1 unspecified atom stereocenters. The Kier molecular flexibility index (Phi) is 7.73. The van der Waals surface area contributed by atoms with Crippen LogP contribution in [-0.4, -0.2) is 60.6 Å². The van der Waals surface area contributed by atoms with Gasteiger partial charge in [0.2, 0.25) is 5.96 Å². The maximum atomic E-state index is 13.5. The number of amidine groups is 1. The number of benzene rings is 2. The van der Waals surface area contributed by atoms with Crippen molar-refractivity contribution >= 4 is 17.5 Å². The highest BCUT2D eigenvalue weighted by atomic mass is 19.1. The van der Waals surface area contributed by atoms with Crippen LogP contribution in [0, 0.1) is 19.7 Å². The van der Waals surface area contributed by atoms with Crippen LogP contribution in [-0.2, 0) is 4.74 Å². The summed E-state index contributed by atoms with van der Waals surface area (Å²) in [7, 11) is 0. The minimum Gasteiger partial charge on any atom is -0.379 e. The highest BCUT2D eigenvalue weighted by Crippen LogP contribution is 2.22. The van der Waals surface area contributed by atoms with Gasteiger partial charge < -0.3 is 9.64 Å². The van der Waals surface area contributed by atoms with Crippen LogP contribution in [0.15, 0.2) is 52.4 Å². The number of ether oxygens (including phenoxy) is 1. The van der Waals surface area contributed by atoms with E-state index >= 15 is 0 Å². The Hall–Kier alpha value is -2.77. The van der Waals surface area contributed by atoms with E-state index in [1.807, 2.05) is 6.07 Å². The van der Waals surface area contributed by atoms with E-state index < -0.39 is 0 Å². The molecule has 0 amide bonds. The second-order valence-corrected chi connectivity index (χ2v) is 8.86. The van der Waals surface area contributed by atoms with Gasteiger partial charge in [-0.3, -0.25) is 5.43 Å². The summed E-state index contributed by atoms with van der Waals surface area (Å²) in [5, 5.41) is 2.17. The molecule has 0 bridgehead atoms. The van der Waals surface area contributed by atoms with Gasteiger partial charge in [0, 0.05) is 31.2 Å². The number of rotatable bonds is 3. The van der Waals surface area contributed by atoms with Gasteiger partial charge in [0.15, 0.2) is 5.84 Å². The fourth-order valence-electron chi connectivity index (χ4n) is 4.42. The second kappa shape index (κ2) is 10.9. The number of aryl methyl sites for hydroxylation is 2. The monoisotopic (exact) mass is 451 g/mol. The molecular weight excluding hydrogens is 417 g/mol. The number of aliphatic imine (C=N–C) groups is 2. The molecule has 0 saturated carbocycles. The number of halogens is 1. The standard InChI is InChI=1S/C26H34FN5O/c1-19-7-6-8-20(2)24(19)25(28-23-12-10-22(27)11-13-23)29-26(30-31-15-17-33-18-16-31)32-14-5-4-9-21(32)3/h6-8,10-13,21H,4-5,9,14-18H2,1-3H3,(H,28,29,30). The SMILES string of the molecule is Cc1cccc(C)c1C(=Nc1ccc(F)cc1)N=C(NN1CCOCC1)N1CCCCC1C. The van der Waals surface area contributed by atoms with Gasteiger partial charge in [-0.1, -0.05) is 18.2 Å². The van der Waals surface area contributed by atoms with Gasteiger partial charge in [0.05, 0.1) is 18.9 Å². The topological polar surface area (TPSA) is 52.5 Å². The lowest BCUT2D eigenvalue weighted by atomic mass is 10.0. The third-order valence-electron chi connectivity index (χ3n) is 6.32.